The molecule has 0 amide bonds. The zero-order valence-corrected chi connectivity index (χ0v) is 16.5. The van der Waals surface area contributed by atoms with Crippen molar-refractivity contribution in [3.05, 3.63) is 53.6 Å². The van der Waals surface area contributed by atoms with E-state index in [9.17, 15) is 16.8 Å². The molecule has 8 heteroatoms. The van der Waals surface area contributed by atoms with Crippen molar-refractivity contribution >= 4 is 31.4 Å². The van der Waals surface area contributed by atoms with E-state index in [1.165, 1.54) is 4.31 Å². The highest BCUT2D eigenvalue weighted by Crippen LogP contribution is 2.34. The van der Waals surface area contributed by atoms with Crippen LogP contribution in [0.25, 0.3) is 0 Å². The predicted molar refractivity (Wildman–Crippen MR) is 107 cm³/mol. The maximum atomic E-state index is 13.1. The minimum absolute atomic E-state index is 0.208. The predicted octanol–water partition coefficient (Wildman–Crippen LogP) is 2.51. The lowest BCUT2D eigenvalue weighted by Gasteiger charge is -2.31. The van der Waals surface area contributed by atoms with Gasteiger partial charge in [-0.05, 0) is 49.6 Å². The highest BCUT2D eigenvalue weighted by Gasteiger charge is 2.29. The number of fused-ring (bicyclic) bond motifs is 1. The Hall–Kier alpha value is -2.50. The number of aryl methyl sites for hydroxylation is 2. The average Bonchev–Trinajstić information content (AvgIpc) is 2.61. The van der Waals surface area contributed by atoms with Crippen LogP contribution in [0, 0.1) is 19.3 Å². The zero-order chi connectivity index (χ0) is 19.7. The quantitative estimate of drug-likeness (QED) is 0.776. The molecule has 27 heavy (non-hydrogen) atoms. The molecule has 3 rings (SSSR count). The molecule has 2 aromatic rings. The number of hydrogen-bond acceptors (Lipinski definition) is 4. The van der Waals surface area contributed by atoms with Crippen LogP contribution in [0.3, 0.4) is 0 Å². The summed E-state index contributed by atoms with van der Waals surface area (Å²) in [5.41, 5.74) is 2.60. The van der Waals surface area contributed by atoms with E-state index in [4.69, 9.17) is 6.42 Å². The molecule has 142 valence electrons. The van der Waals surface area contributed by atoms with Gasteiger partial charge in [-0.25, -0.2) is 16.8 Å². The lowest BCUT2D eigenvalue weighted by molar-refractivity contribution is 0.586. The van der Waals surface area contributed by atoms with Gasteiger partial charge in [0.15, 0.2) is 0 Å². The van der Waals surface area contributed by atoms with Crippen LogP contribution in [0.4, 0.5) is 11.4 Å². The first-order valence-corrected chi connectivity index (χ1v) is 11.5. The van der Waals surface area contributed by atoms with E-state index in [1.54, 1.807) is 42.5 Å². The lowest BCUT2D eigenvalue weighted by Crippen LogP contribution is -2.35. The molecular formula is C19H20N2O4S2. The van der Waals surface area contributed by atoms with Crippen LogP contribution in [-0.4, -0.2) is 29.1 Å². The SMILES string of the molecule is C#CCS(=O)(=O)Nc1ccc2c(c1)N(S(=O)(=O)c1ccc(C)cc1)CCC2. The van der Waals surface area contributed by atoms with Gasteiger partial charge in [0.2, 0.25) is 10.0 Å². The number of benzene rings is 2. The summed E-state index contributed by atoms with van der Waals surface area (Å²) in [5.74, 6) is 1.64. The Morgan fingerprint density at radius 1 is 1.11 bits per heavy atom. The van der Waals surface area contributed by atoms with E-state index in [-0.39, 0.29) is 10.6 Å². The molecule has 1 aliphatic heterocycles. The van der Waals surface area contributed by atoms with Gasteiger partial charge in [-0.3, -0.25) is 9.03 Å². The minimum atomic E-state index is -3.74. The number of hydrogen-bond donors (Lipinski definition) is 1. The van der Waals surface area contributed by atoms with E-state index in [1.807, 2.05) is 6.92 Å². The fourth-order valence-corrected chi connectivity index (χ4v) is 5.33. The number of rotatable bonds is 5. The molecule has 6 nitrogen and oxygen atoms in total. The zero-order valence-electron chi connectivity index (χ0n) is 14.8. The molecule has 0 fully saturated rings. The number of anilines is 2. The van der Waals surface area contributed by atoms with Gasteiger partial charge in [-0.15, -0.1) is 6.42 Å². The second-order valence-electron chi connectivity index (χ2n) is 6.40. The second kappa shape index (κ2) is 7.25. The van der Waals surface area contributed by atoms with Crippen LogP contribution in [-0.2, 0) is 26.5 Å². The molecule has 0 spiro atoms. The smallest absolute Gasteiger partial charge is 0.264 e. The highest BCUT2D eigenvalue weighted by atomic mass is 32.2. The highest BCUT2D eigenvalue weighted by molar-refractivity contribution is 7.93. The van der Waals surface area contributed by atoms with Gasteiger partial charge in [0.25, 0.3) is 10.0 Å². The minimum Gasteiger partial charge on any atom is -0.283 e. The van der Waals surface area contributed by atoms with Gasteiger partial charge in [0, 0.05) is 6.54 Å². The van der Waals surface area contributed by atoms with Crippen molar-refractivity contribution in [1.29, 1.82) is 0 Å². The van der Waals surface area contributed by atoms with Crippen molar-refractivity contribution in [3.8, 4) is 12.3 Å². The van der Waals surface area contributed by atoms with Crippen LogP contribution in [0.1, 0.15) is 17.5 Å². The van der Waals surface area contributed by atoms with Crippen LogP contribution in [0.15, 0.2) is 47.4 Å². The first-order valence-electron chi connectivity index (χ1n) is 8.39. The van der Waals surface area contributed by atoms with Crippen LogP contribution in [0.2, 0.25) is 0 Å². The summed E-state index contributed by atoms with van der Waals surface area (Å²) in [6, 6.07) is 11.6. The molecule has 0 saturated carbocycles. The van der Waals surface area contributed by atoms with E-state index < -0.39 is 25.8 Å². The first-order chi connectivity index (χ1) is 12.7. The molecule has 1 N–H and O–H groups in total. The molecule has 0 saturated heterocycles. The van der Waals surface area contributed by atoms with E-state index >= 15 is 0 Å². The number of nitrogens with zero attached hydrogens (tertiary/aromatic N) is 1. The first kappa shape index (κ1) is 19.3. The van der Waals surface area contributed by atoms with Gasteiger partial charge in [-0.2, -0.15) is 0 Å². The third-order valence-electron chi connectivity index (χ3n) is 4.32. The molecule has 0 unspecified atom stereocenters. The van der Waals surface area contributed by atoms with E-state index in [0.717, 1.165) is 17.5 Å². The van der Waals surface area contributed by atoms with Gasteiger partial charge in [0.05, 0.1) is 16.3 Å². The summed E-state index contributed by atoms with van der Waals surface area (Å²) >= 11 is 0. The Morgan fingerprint density at radius 3 is 2.48 bits per heavy atom. The van der Waals surface area contributed by atoms with Crippen molar-refractivity contribution in [2.24, 2.45) is 0 Å². The van der Waals surface area contributed by atoms with Crippen LogP contribution in [0.5, 0.6) is 0 Å². The van der Waals surface area contributed by atoms with Gasteiger partial charge in [0.1, 0.15) is 5.75 Å². The molecule has 2 aromatic carbocycles. The summed E-state index contributed by atoms with van der Waals surface area (Å²) in [7, 11) is -7.41. The monoisotopic (exact) mass is 404 g/mol. The fourth-order valence-electron chi connectivity index (χ4n) is 3.02. The topological polar surface area (TPSA) is 83.6 Å². The van der Waals surface area contributed by atoms with Gasteiger partial charge < -0.3 is 0 Å². The summed E-state index contributed by atoms with van der Waals surface area (Å²) in [4.78, 5) is 0.208. The third-order valence-corrected chi connectivity index (χ3v) is 7.24. The van der Waals surface area contributed by atoms with Gasteiger partial charge in [-0.1, -0.05) is 29.7 Å². The van der Waals surface area contributed by atoms with Crippen molar-refractivity contribution in [2.45, 2.75) is 24.7 Å². The summed E-state index contributed by atoms with van der Waals surface area (Å²) < 4.78 is 53.8. The molecule has 1 aliphatic rings. The fraction of sp³-hybridized carbons (Fsp3) is 0.263. The van der Waals surface area contributed by atoms with Crippen molar-refractivity contribution < 1.29 is 16.8 Å². The number of nitrogens with one attached hydrogen (secondary N) is 1. The summed E-state index contributed by atoms with van der Waals surface area (Å²) in [6.07, 6.45) is 6.50. The third kappa shape index (κ3) is 4.10. The average molecular weight is 405 g/mol. The van der Waals surface area contributed by atoms with Crippen LogP contribution >= 0.6 is 0 Å². The standard InChI is InChI=1S/C19H20N2O4S2/c1-3-13-26(22,23)20-17-9-8-16-5-4-12-21(19(16)14-17)27(24,25)18-10-6-15(2)7-11-18/h1,6-11,14,20H,4-5,12-13H2,2H3. The van der Waals surface area contributed by atoms with Crippen LogP contribution < -0.4 is 9.03 Å². The molecule has 0 radical (unpaired) electrons. The maximum absolute atomic E-state index is 13.1. The molecule has 1 heterocycles. The molecule has 0 atom stereocenters. The van der Waals surface area contributed by atoms with Gasteiger partial charge >= 0.3 is 0 Å². The molecule has 0 aliphatic carbocycles. The molecule has 0 bridgehead atoms. The Kier molecular flexibility index (Phi) is 5.18. The Labute approximate surface area is 160 Å². The maximum Gasteiger partial charge on any atom is 0.264 e. The van der Waals surface area contributed by atoms with Crippen molar-refractivity contribution in [2.75, 3.05) is 21.3 Å². The summed E-state index contributed by atoms with van der Waals surface area (Å²) in [5, 5.41) is 0. The molecular weight excluding hydrogens is 384 g/mol. The lowest BCUT2D eigenvalue weighted by atomic mass is 10.0. The normalized spacial score (nSPS) is 14.3. The second-order valence-corrected chi connectivity index (χ2v) is 9.99. The summed E-state index contributed by atoms with van der Waals surface area (Å²) in [6.45, 7) is 2.23. The molecule has 0 aromatic heterocycles. The largest absolute Gasteiger partial charge is 0.283 e. The van der Waals surface area contributed by atoms with E-state index in [2.05, 4.69) is 10.6 Å². The number of terminal acetylenes is 1. The Morgan fingerprint density at radius 2 is 1.81 bits per heavy atom. The number of sulfonamides is 2. The van der Waals surface area contributed by atoms with Crippen molar-refractivity contribution in [1.82, 2.24) is 0 Å². The van der Waals surface area contributed by atoms with E-state index in [0.29, 0.717) is 18.7 Å². The Balaban J connectivity index is 2.01. The Bertz CT molecular complexity index is 1100. The van der Waals surface area contributed by atoms with Crippen molar-refractivity contribution in [3.63, 3.8) is 0 Å².